The maximum atomic E-state index is 12.2. The minimum absolute atomic E-state index is 0.0192. The molecule has 0 N–H and O–H groups in total. The van der Waals surface area contributed by atoms with Crippen LogP contribution in [0, 0.1) is 51.4 Å². The second-order valence-corrected chi connectivity index (χ2v) is 27.0. The van der Waals surface area contributed by atoms with Crippen molar-refractivity contribution >= 4 is 47.8 Å². The molecule has 0 heterocycles. The monoisotopic (exact) mass is 1540 g/mol. The SMILES string of the molecule is CCC(C)C(=O)OCCCCCCOc1ccc(C(=O)Oc2ccc(C)cc2)cc1.CCC(C)C(=O)OCCCCCCOc1ccc(C(=O)Oc2ccc(C)cc2)cc1.CCC(C)C(=O)OCCOc1ccc(C(=O)Oc2ccc(C)cc2)cc1.CCC(C)C(=O)OCCOc1ccc(C(=O)Oc2ccc(C)cc2)cc1. The van der Waals surface area contributed by atoms with E-state index < -0.39 is 11.9 Å². The van der Waals surface area contributed by atoms with Gasteiger partial charge < -0.3 is 56.8 Å². The number of carbonyl (C=O) groups excluding carboxylic acids is 8. The third-order valence-electron chi connectivity index (χ3n) is 17.6. The summed E-state index contributed by atoms with van der Waals surface area (Å²) in [5.41, 5.74) is 6.25. The highest BCUT2D eigenvalue weighted by Gasteiger charge is 2.18. The van der Waals surface area contributed by atoms with E-state index in [0.717, 1.165) is 111 Å². The Kier molecular flexibility index (Phi) is 42.4. The molecule has 20 heteroatoms. The van der Waals surface area contributed by atoms with Gasteiger partial charge in [0, 0.05) is 0 Å². The zero-order chi connectivity index (χ0) is 81.4. The number of esters is 8. The Labute approximate surface area is 661 Å². The molecule has 4 atom stereocenters. The lowest BCUT2D eigenvalue weighted by atomic mass is 10.1. The van der Waals surface area contributed by atoms with E-state index in [0.29, 0.717) is 83.2 Å². The lowest BCUT2D eigenvalue weighted by Gasteiger charge is -2.10. The second-order valence-electron chi connectivity index (χ2n) is 27.0. The van der Waals surface area contributed by atoms with Crippen LogP contribution in [-0.2, 0) is 38.1 Å². The Morgan fingerprint density at radius 3 is 0.607 bits per heavy atom. The number of carbonyl (C=O) groups is 8. The Morgan fingerprint density at radius 2 is 0.402 bits per heavy atom. The molecule has 0 saturated heterocycles. The fraction of sp³-hybridized carbons (Fsp3) is 0.391. The van der Waals surface area contributed by atoms with Gasteiger partial charge in [-0.25, -0.2) is 19.2 Å². The summed E-state index contributed by atoms with van der Waals surface area (Å²) in [7, 11) is 0. The summed E-state index contributed by atoms with van der Waals surface area (Å²) in [6.45, 7) is 26.3. The van der Waals surface area contributed by atoms with E-state index >= 15 is 0 Å². The summed E-state index contributed by atoms with van der Waals surface area (Å²) in [6.07, 6.45) is 10.8. The van der Waals surface area contributed by atoms with Crippen LogP contribution in [-0.4, -0.2) is 101 Å². The van der Waals surface area contributed by atoms with E-state index in [1.807, 2.05) is 132 Å². The van der Waals surface area contributed by atoms with Crippen LogP contribution in [0.25, 0.3) is 0 Å². The molecular formula is C92H112O20. The summed E-state index contributed by atoms with van der Waals surface area (Å²) in [4.78, 5) is 94.8. The van der Waals surface area contributed by atoms with Crippen LogP contribution in [0.2, 0.25) is 0 Å². The molecule has 8 aromatic carbocycles. The largest absolute Gasteiger partial charge is 0.494 e. The smallest absolute Gasteiger partial charge is 0.343 e. The van der Waals surface area contributed by atoms with Crippen LogP contribution in [0.4, 0.5) is 0 Å². The first kappa shape index (κ1) is 91.3. The van der Waals surface area contributed by atoms with Gasteiger partial charge in [0.15, 0.2) is 0 Å². The molecule has 20 nitrogen and oxygen atoms in total. The fourth-order valence-corrected chi connectivity index (χ4v) is 9.52. The lowest BCUT2D eigenvalue weighted by molar-refractivity contribution is -0.149. The average molecular weight is 1540 g/mol. The van der Waals surface area contributed by atoms with Crippen molar-refractivity contribution in [1.29, 1.82) is 0 Å². The number of ether oxygens (including phenoxy) is 12. The summed E-state index contributed by atoms with van der Waals surface area (Å²) < 4.78 is 64.5. The zero-order valence-electron chi connectivity index (χ0n) is 67.1. The first-order valence-electron chi connectivity index (χ1n) is 38.7. The van der Waals surface area contributed by atoms with Gasteiger partial charge in [0.05, 0.1) is 72.4 Å². The van der Waals surface area contributed by atoms with Gasteiger partial charge in [0.25, 0.3) is 0 Å². The maximum Gasteiger partial charge on any atom is 0.343 e. The normalized spacial score (nSPS) is 11.5. The van der Waals surface area contributed by atoms with Gasteiger partial charge in [0.1, 0.15) is 72.4 Å². The van der Waals surface area contributed by atoms with Gasteiger partial charge in [-0.3, -0.25) is 19.2 Å². The van der Waals surface area contributed by atoms with Crippen molar-refractivity contribution in [3.05, 3.63) is 239 Å². The van der Waals surface area contributed by atoms with Crippen molar-refractivity contribution in [1.82, 2.24) is 0 Å². The van der Waals surface area contributed by atoms with Gasteiger partial charge in [-0.15, -0.1) is 0 Å². The van der Waals surface area contributed by atoms with Gasteiger partial charge in [-0.1, -0.05) is 126 Å². The molecule has 0 fully saturated rings. The molecule has 8 aromatic rings. The fourth-order valence-electron chi connectivity index (χ4n) is 9.52. The molecule has 0 aromatic heterocycles. The van der Waals surface area contributed by atoms with Crippen LogP contribution < -0.4 is 37.9 Å². The molecule has 0 amide bonds. The van der Waals surface area contributed by atoms with Crippen molar-refractivity contribution in [2.45, 2.75) is 160 Å². The molecule has 0 aliphatic rings. The van der Waals surface area contributed by atoms with E-state index in [-0.39, 0.29) is 85.9 Å². The third kappa shape index (κ3) is 36.5. The third-order valence-corrected chi connectivity index (χ3v) is 17.6. The molecule has 4 unspecified atom stereocenters. The lowest BCUT2D eigenvalue weighted by Crippen LogP contribution is -2.17. The molecular weight excluding hydrogens is 1420 g/mol. The Hall–Kier alpha value is -11.3. The first-order valence-corrected chi connectivity index (χ1v) is 38.7. The highest BCUT2D eigenvalue weighted by Crippen LogP contribution is 2.23. The predicted octanol–water partition coefficient (Wildman–Crippen LogP) is 19.9. The molecule has 0 aliphatic heterocycles. The van der Waals surface area contributed by atoms with Crippen molar-refractivity contribution in [2.75, 3.05) is 52.9 Å². The van der Waals surface area contributed by atoms with E-state index in [9.17, 15) is 38.4 Å². The number of unbranched alkanes of at least 4 members (excludes halogenated alkanes) is 6. The number of aryl methyl sites for hydroxylation is 4. The van der Waals surface area contributed by atoms with Crippen molar-refractivity contribution in [3.8, 4) is 46.0 Å². The number of hydrogen-bond acceptors (Lipinski definition) is 20. The topological polar surface area (TPSA) is 247 Å². The Balaban J connectivity index is 0.000000268. The maximum absolute atomic E-state index is 12.2. The second kappa shape index (κ2) is 52.0. The van der Waals surface area contributed by atoms with Gasteiger partial charge in [0.2, 0.25) is 0 Å². The van der Waals surface area contributed by atoms with Crippen LogP contribution in [0.3, 0.4) is 0 Å². The van der Waals surface area contributed by atoms with Crippen molar-refractivity contribution < 1.29 is 95.2 Å². The standard InChI is InChI=1S/2C25H32O5.2C21H24O5/c2*1-4-20(3)24(26)29-18-8-6-5-7-17-28-22-15-11-21(12-16-22)25(27)30-23-13-9-19(2)10-14-23;2*1-4-16(3)20(22)25-14-13-24-18-11-7-17(8-12-18)21(23)26-19-9-5-15(2)6-10-19/h2*9-16,20H,4-8,17-18H2,1-3H3;2*5-12,16H,4,13-14H2,1-3H3. The minimum Gasteiger partial charge on any atom is -0.494 e. The summed E-state index contributed by atoms with van der Waals surface area (Å²) in [5, 5.41) is 0. The van der Waals surface area contributed by atoms with E-state index in [4.69, 9.17) is 56.8 Å². The number of rotatable bonds is 40. The first-order chi connectivity index (χ1) is 54.0. The molecule has 0 spiro atoms. The molecule has 0 radical (unpaired) electrons. The molecule has 112 heavy (non-hydrogen) atoms. The highest BCUT2D eigenvalue weighted by molar-refractivity contribution is 5.93. The van der Waals surface area contributed by atoms with Crippen LogP contribution >= 0.6 is 0 Å². The van der Waals surface area contributed by atoms with Gasteiger partial charge >= 0.3 is 47.8 Å². The van der Waals surface area contributed by atoms with Crippen LogP contribution in [0.1, 0.15) is 196 Å². The van der Waals surface area contributed by atoms with E-state index in [2.05, 4.69) is 0 Å². The van der Waals surface area contributed by atoms with Crippen LogP contribution in [0.5, 0.6) is 46.0 Å². The molecule has 600 valence electrons. The van der Waals surface area contributed by atoms with Gasteiger partial charge in [-0.2, -0.15) is 0 Å². The Bertz CT molecular complexity index is 3800. The minimum atomic E-state index is -0.428. The molecule has 0 saturated carbocycles. The zero-order valence-corrected chi connectivity index (χ0v) is 67.1. The quantitative estimate of drug-likeness (QED) is 0.0150. The summed E-state index contributed by atoms with van der Waals surface area (Å²) >= 11 is 0. The van der Waals surface area contributed by atoms with E-state index in [1.54, 1.807) is 146 Å². The molecule has 8 rings (SSSR count). The van der Waals surface area contributed by atoms with Crippen LogP contribution in [0.15, 0.2) is 194 Å². The highest BCUT2D eigenvalue weighted by atomic mass is 16.6. The van der Waals surface area contributed by atoms with Crippen molar-refractivity contribution in [3.63, 3.8) is 0 Å². The molecule has 0 aliphatic carbocycles. The van der Waals surface area contributed by atoms with Crippen molar-refractivity contribution in [2.24, 2.45) is 23.7 Å². The number of hydrogen-bond donors (Lipinski definition) is 0. The average Bonchev–Trinajstić information content (AvgIpc) is 0.883. The van der Waals surface area contributed by atoms with E-state index in [1.165, 1.54) is 0 Å². The Morgan fingerprint density at radius 1 is 0.223 bits per heavy atom. The summed E-state index contributed by atoms with van der Waals surface area (Å²) in [5.74, 6) is 2.18. The van der Waals surface area contributed by atoms with Gasteiger partial charge in [-0.05, 0) is 250 Å². The summed E-state index contributed by atoms with van der Waals surface area (Å²) in [6, 6.07) is 56.5. The molecule has 0 bridgehead atoms. The predicted molar refractivity (Wildman–Crippen MR) is 431 cm³/mol. The number of benzene rings is 8.